The molecule has 0 saturated heterocycles. The van der Waals surface area contributed by atoms with Gasteiger partial charge in [0.15, 0.2) is 0 Å². The molecule has 0 aliphatic rings. The molecule has 0 heterocycles. The lowest BCUT2D eigenvalue weighted by molar-refractivity contribution is 0.0697. The maximum absolute atomic E-state index is 12.9. The second-order valence-electron chi connectivity index (χ2n) is 8.89. The minimum Gasteiger partial charge on any atom is -0.489 e. The predicted molar refractivity (Wildman–Crippen MR) is 145 cm³/mol. The van der Waals surface area contributed by atoms with E-state index in [1.165, 1.54) is 0 Å². The van der Waals surface area contributed by atoms with E-state index in [9.17, 15) is 13.2 Å². The first kappa shape index (κ1) is 26.0. The Morgan fingerprint density at radius 1 is 0.865 bits per heavy atom. The topological polar surface area (TPSA) is 92.7 Å². The van der Waals surface area contributed by atoms with Gasteiger partial charge in [-0.15, -0.1) is 0 Å². The Morgan fingerprint density at radius 2 is 1.51 bits per heavy atom. The third-order valence-electron chi connectivity index (χ3n) is 6.15. The molecule has 2 N–H and O–H groups in total. The lowest BCUT2D eigenvalue weighted by Gasteiger charge is -2.19. The average Bonchev–Trinajstić information content (AvgIpc) is 2.92. The molecule has 37 heavy (non-hydrogen) atoms. The number of nitrogens with one attached hydrogen (secondary N) is 1. The van der Waals surface area contributed by atoms with Crippen LogP contribution in [0.2, 0.25) is 0 Å². The van der Waals surface area contributed by atoms with Crippen LogP contribution in [0, 0.1) is 0 Å². The first-order valence-electron chi connectivity index (χ1n) is 12.0. The van der Waals surface area contributed by atoms with E-state index in [1.807, 2.05) is 48.5 Å². The smallest absolute Gasteiger partial charge is 0.335 e. The van der Waals surface area contributed by atoms with Gasteiger partial charge in [0.2, 0.25) is 0 Å². The van der Waals surface area contributed by atoms with Crippen molar-refractivity contribution < 1.29 is 23.1 Å². The lowest BCUT2D eigenvalue weighted by Crippen LogP contribution is -2.13. The fraction of sp³-hybridized carbons (Fsp3) is 0.167. The summed E-state index contributed by atoms with van der Waals surface area (Å²) in [4.78, 5) is 11.3. The van der Waals surface area contributed by atoms with Gasteiger partial charge < -0.3 is 9.84 Å². The summed E-state index contributed by atoms with van der Waals surface area (Å²) in [6, 6.07) is 30.3. The lowest BCUT2D eigenvalue weighted by atomic mass is 9.92. The molecule has 4 aromatic rings. The zero-order valence-electron chi connectivity index (χ0n) is 20.5. The fourth-order valence-electron chi connectivity index (χ4n) is 4.03. The van der Waals surface area contributed by atoms with Crippen LogP contribution in [0.15, 0.2) is 108 Å². The van der Waals surface area contributed by atoms with Gasteiger partial charge in [-0.25, -0.2) is 13.2 Å². The minimum absolute atomic E-state index is 0.0473. The maximum atomic E-state index is 12.9. The molecule has 0 bridgehead atoms. The molecule has 4 aromatic carbocycles. The van der Waals surface area contributed by atoms with Gasteiger partial charge >= 0.3 is 5.97 Å². The van der Waals surface area contributed by atoms with Gasteiger partial charge in [-0.1, -0.05) is 67.6 Å². The molecule has 1 atom stereocenters. The number of benzene rings is 4. The van der Waals surface area contributed by atoms with Crippen molar-refractivity contribution in [3.8, 4) is 5.75 Å². The van der Waals surface area contributed by atoms with Crippen molar-refractivity contribution in [1.82, 2.24) is 0 Å². The summed E-state index contributed by atoms with van der Waals surface area (Å²) in [5, 5.41) is 9.12. The zero-order chi connectivity index (χ0) is 26.3. The summed E-state index contributed by atoms with van der Waals surface area (Å²) in [7, 11) is -3.73. The normalized spacial score (nSPS) is 12.0. The van der Waals surface area contributed by atoms with E-state index in [0.29, 0.717) is 18.0 Å². The molecule has 0 fully saturated rings. The monoisotopic (exact) mass is 515 g/mol. The van der Waals surface area contributed by atoms with E-state index in [2.05, 4.69) is 11.6 Å². The maximum Gasteiger partial charge on any atom is 0.335 e. The highest BCUT2D eigenvalue weighted by atomic mass is 32.2. The molecular weight excluding hydrogens is 486 g/mol. The van der Waals surface area contributed by atoms with Gasteiger partial charge in [0.25, 0.3) is 10.0 Å². The fourth-order valence-corrected chi connectivity index (χ4v) is 5.10. The largest absolute Gasteiger partial charge is 0.489 e. The molecule has 190 valence electrons. The van der Waals surface area contributed by atoms with E-state index >= 15 is 0 Å². The Balaban J connectivity index is 1.55. The van der Waals surface area contributed by atoms with Crippen molar-refractivity contribution in [3.05, 3.63) is 125 Å². The number of hydrogen-bond donors (Lipinski definition) is 2. The van der Waals surface area contributed by atoms with Crippen LogP contribution >= 0.6 is 0 Å². The number of carboxylic acid groups (broad SMARTS) is 1. The second kappa shape index (κ2) is 11.8. The van der Waals surface area contributed by atoms with Crippen molar-refractivity contribution in [2.24, 2.45) is 0 Å². The summed E-state index contributed by atoms with van der Waals surface area (Å²) in [6.45, 7) is 2.47. The van der Waals surface area contributed by atoms with Crippen LogP contribution < -0.4 is 9.46 Å². The minimum atomic E-state index is -3.73. The van der Waals surface area contributed by atoms with Crippen LogP contribution in [-0.4, -0.2) is 19.5 Å². The number of sulfonamides is 1. The summed E-state index contributed by atoms with van der Waals surface area (Å²) in [5.74, 6) is -0.207. The Morgan fingerprint density at radius 3 is 2.16 bits per heavy atom. The third-order valence-corrected chi connectivity index (χ3v) is 7.55. The number of aryl methyl sites for hydroxylation is 1. The van der Waals surface area contributed by atoms with Crippen molar-refractivity contribution in [2.75, 3.05) is 4.72 Å². The van der Waals surface area contributed by atoms with Crippen LogP contribution in [0.3, 0.4) is 0 Å². The highest BCUT2D eigenvalue weighted by Crippen LogP contribution is 2.34. The molecule has 0 aliphatic heterocycles. The van der Waals surface area contributed by atoms with Gasteiger partial charge in [0.1, 0.15) is 12.4 Å². The SMILES string of the molecule is CC(CCc1ccc(C(=O)O)cc1)c1cc(NS(=O)(=O)c2ccccc2)ccc1OCc1ccccc1. The molecule has 7 heteroatoms. The van der Waals surface area contributed by atoms with Gasteiger partial charge in [-0.3, -0.25) is 4.72 Å². The average molecular weight is 516 g/mol. The molecular formula is C30H29NO5S. The number of carboxylic acids is 1. The number of hydrogen-bond acceptors (Lipinski definition) is 4. The van der Waals surface area contributed by atoms with Crippen LogP contribution in [-0.2, 0) is 23.1 Å². The Bertz CT molecular complexity index is 1440. The van der Waals surface area contributed by atoms with Crippen LogP contribution in [0.5, 0.6) is 5.75 Å². The molecule has 1 unspecified atom stereocenters. The first-order chi connectivity index (χ1) is 17.8. The number of anilines is 1. The van der Waals surface area contributed by atoms with Crippen LogP contribution in [0.1, 0.15) is 46.3 Å². The van der Waals surface area contributed by atoms with E-state index in [-0.39, 0.29) is 16.4 Å². The molecule has 6 nitrogen and oxygen atoms in total. The van der Waals surface area contributed by atoms with E-state index in [0.717, 1.165) is 29.5 Å². The van der Waals surface area contributed by atoms with Crippen LogP contribution in [0.4, 0.5) is 5.69 Å². The van der Waals surface area contributed by atoms with E-state index < -0.39 is 16.0 Å². The molecule has 0 aliphatic carbocycles. The van der Waals surface area contributed by atoms with Gasteiger partial charge in [0.05, 0.1) is 10.5 Å². The molecule has 0 aromatic heterocycles. The molecule has 0 amide bonds. The Kier molecular flexibility index (Phi) is 8.25. The number of carbonyl (C=O) groups is 1. The van der Waals surface area contributed by atoms with Crippen molar-refractivity contribution in [3.63, 3.8) is 0 Å². The van der Waals surface area contributed by atoms with E-state index in [4.69, 9.17) is 9.84 Å². The molecule has 0 radical (unpaired) electrons. The quantitative estimate of drug-likeness (QED) is 0.238. The highest BCUT2D eigenvalue weighted by Gasteiger charge is 2.18. The van der Waals surface area contributed by atoms with Gasteiger partial charge in [-0.05, 0) is 77.9 Å². The van der Waals surface area contributed by atoms with Crippen molar-refractivity contribution >= 4 is 21.7 Å². The van der Waals surface area contributed by atoms with Crippen LogP contribution in [0.25, 0.3) is 0 Å². The standard InChI is InChI=1S/C30H29NO5S/c1-22(12-13-23-14-16-25(17-15-23)30(32)33)28-20-26(31-37(34,35)27-10-6-3-7-11-27)18-19-29(28)36-21-24-8-4-2-5-9-24/h2-11,14-20,22,31H,12-13,21H2,1H3,(H,32,33). The second-order valence-corrected chi connectivity index (χ2v) is 10.6. The number of ether oxygens (including phenoxy) is 1. The van der Waals surface area contributed by atoms with Gasteiger partial charge in [-0.2, -0.15) is 0 Å². The summed E-state index contributed by atoms with van der Waals surface area (Å²) in [6.07, 6.45) is 1.50. The predicted octanol–water partition coefficient (Wildman–Crippen LogP) is 6.50. The van der Waals surface area contributed by atoms with Gasteiger partial charge in [0, 0.05) is 5.69 Å². The molecule has 0 saturated carbocycles. The summed E-state index contributed by atoms with van der Waals surface area (Å²) < 4.78 is 34.6. The molecule has 4 rings (SSSR count). The summed E-state index contributed by atoms with van der Waals surface area (Å²) in [5.41, 5.74) is 3.68. The first-order valence-corrected chi connectivity index (χ1v) is 13.5. The third kappa shape index (κ3) is 6.98. The van der Waals surface area contributed by atoms with Crippen molar-refractivity contribution in [1.29, 1.82) is 0 Å². The highest BCUT2D eigenvalue weighted by molar-refractivity contribution is 7.92. The zero-order valence-corrected chi connectivity index (χ0v) is 21.3. The number of rotatable bonds is 11. The van der Waals surface area contributed by atoms with E-state index in [1.54, 1.807) is 54.6 Å². The summed E-state index contributed by atoms with van der Waals surface area (Å²) >= 11 is 0. The Labute approximate surface area is 217 Å². The van der Waals surface area contributed by atoms with Crippen molar-refractivity contribution in [2.45, 2.75) is 37.2 Å². The number of aromatic carboxylic acids is 1. The Hall–Kier alpha value is -4.10. The molecule has 0 spiro atoms.